The topological polar surface area (TPSA) is 0 Å². The molecule has 0 radical (unpaired) electrons. The number of fused-ring (bicyclic) bond motifs is 2. The van der Waals surface area contributed by atoms with Gasteiger partial charge in [0.05, 0.1) is 0 Å². The number of benzene rings is 3. The molecule has 32 heavy (non-hydrogen) atoms. The lowest BCUT2D eigenvalue weighted by atomic mass is 9.74. The molecule has 0 aliphatic heterocycles. The molecule has 0 fully saturated rings. The van der Waals surface area contributed by atoms with Crippen molar-refractivity contribution in [1.29, 1.82) is 0 Å². The highest BCUT2D eigenvalue weighted by atomic mass is 14.3. The molecule has 0 spiro atoms. The van der Waals surface area contributed by atoms with E-state index in [1.165, 1.54) is 22.3 Å². The van der Waals surface area contributed by atoms with Crippen molar-refractivity contribution in [3.8, 4) is 0 Å². The summed E-state index contributed by atoms with van der Waals surface area (Å²) in [5.41, 5.74) is 9.22. The number of hydrogen-bond acceptors (Lipinski definition) is 0. The molecular formula is C32H46. The Hall–Kier alpha value is -1.82. The maximum atomic E-state index is 2.44. The zero-order chi connectivity index (χ0) is 24.1. The molecule has 0 unspecified atom stereocenters. The van der Waals surface area contributed by atoms with E-state index in [-0.39, 0.29) is 0 Å². The van der Waals surface area contributed by atoms with Gasteiger partial charge in [-0.15, -0.1) is 0 Å². The first-order valence-corrected chi connectivity index (χ1v) is 13.0. The molecule has 3 rings (SSSR count). The molecule has 0 saturated heterocycles. The van der Waals surface area contributed by atoms with Gasteiger partial charge in [-0.1, -0.05) is 107 Å². The zero-order valence-electron chi connectivity index (χ0n) is 22.8. The third-order valence-corrected chi connectivity index (χ3v) is 7.26. The van der Waals surface area contributed by atoms with Crippen LogP contribution in [0.4, 0.5) is 0 Å². The number of rotatable bonds is 6. The summed E-state index contributed by atoms with van der Waals surface area (Å²) in [7, 11) is 0. The predicted octanol–water partition coefficient (Wildman–Crippen LogP) is 10.7. The first kappa shape index (κ1) is 24.8. The molecule has 3 aromatic rings. The Kier molecular flexibility index (Phi) is 7.14. The summed E-state index contributed by atoms with van der Waals surface area (Å²) >= 11 is 0. The summed E-state index contributed by atoms with van der Waals surface area (Å²) < 4.78 is 0. The highest BCUT2D eigenvalue weighted by Crippen LogP contribution is 2.49. The van der Waals surface area contributed by atoms with Crippen LogP contribution in [0.1, 0.15) is 152 Å². The normalized spacial score (nSPS) is 12.8. The predicted molar refractivity (Wildman–Crippen MR) is 146 cm³/mol. The summed E-state index contributed by atoms with van der Waals surface area (Å²) in [6, 6.07) is 9.74. The van der Waals surface area contributed by atoms with Gasteiger partial charge in [0.25, 0.3) is 0 Å². The molecule has 0 aromatic heterocycles. The van der Waals surface area contributed by atoms with Crippen molar-refractivity contribution >= 4 is 21.5 Å². The van der Waals surface area contributed by atoms with Gasteiger partial charge in [-0.2, -0.15) is 0 Å². The van der Waals surface area contributed by atoms with E-state index in [1.807, 2.05) is 0 Å². The molecule has 0 aliphatic carbocycles. The Balaban J connectivity index is 2.89. The molecule has 0 atom stereocenters. The quantitative estimate of drug-likeness (QED) is 0.341. The summed E-state index contributed by atoms with van der Waals surface area (Å²) in [6.07, 6.45) is 0. The molecule has 0 saturated carbocycles. The van der Waals surface area contributed by atoms with Gasteiger partial charge in [0.15, 0.2) is 0 Å². The molecule has 0 bridgehead atoms. The van der Waals surface area contributed by atoms with Gasteiger partial charge in [-0.05, 0) is 90.4 Å². The van der Waals surface area contributed by atoms with Crippen LogP contribution < -0.4 is 0 Å². The minimum atomic E-state index is 0.473. The smallest absolute Gasteiger partial charge is 0.0102 e. The van der Waals surface area contributed by atoms with Crippen molar-refractivity contribution in [3.63, 3.8) is 0 Å². The van der Waals surface area contributed by atoms with Crippen LogP contribution in [0.5, 0.6) is 0 Å². The van der Waals surface area contributed by atoms with E-state index >= 15 is 0 Å². The van der Waals surface area contributed by atoms with E-state index in [4.69, 9.17) is 0 Å². The average molecular weight is 431 g/mol. The fraction of sp³-hybridized carbons (Fsp3) is 0.562. The van der Waals surface area contributed by atoms with Crippen LogP contribution in [0, 0.1) is 0 Å². The fourth-order valence-electron chi connectivity index (χ4n) is 5.76. The number of hydrogen-bond donors (Lipinski definition) is 0. The molecule has 0 aliphatic rings. The Morgan fingerprint density at radius 2 is 0.500 bits per heavy atom. The maximum Gasteiger partial charge on any atom is -0.0102 e. The zero-order valence-corrected chi connectivity index (χ0v) is 22.8. The van der Waals surface area contributed by atoms with E-state index in [0.29, 0.717) is 35.5 Å². The third-order valence-electron chi connectivity index (χ3n) is 7.26. The van der Waals surface area contributed by atoms with Gasteiger partial charge in [-0.25, -0.2) is 0 Å². The lowest BCUT2D eigenvalue weighted by Crippen LogP contribution is -2.09. The van der Waals surface area contributed by atoms with Crippen LogP contribution in [-0.2, 0) is 0 Å². The summed E-state index contributed by atoms with van der Waals surface area (Å²) in [6.45, 7) is 28.5. The fourth-order valence-corrected chi connectivity index (χ4v) is 5.76. The van der Waals surface area contributed by atoms with Gasteiger partial charge in [0, 0.05) is 0 Å². The van der Waals surface area contributed by atoms with Crippen LogP contribution in [0.25, 0.3) is 21.5 Å². The van der Waals surface area contributed by atoms with Crippen LogP contribution in [0.3, 0.4) is 0 Å². The largest absolute Gasteiger partial charge is 0.0587 e. The molecule has 0 nitrogen and oxygen atoms in total. The SMILES string of the molecule is CC(C)c1ccc(C(C)C)c2c(C(C)C)c3c(C(C)C)ccc(C(C)C)c3c(C(C)C)c12. The van der Waals surface area contributed by atoms with Crippen LogP contribution in [0.2, 0.25) is 0 Å². The monoisotopic (exact) mass is 430 g/mol. The summed E-state index contributed by atoms with van der Waals surface area (Å²) in [4.78, 5) is 0. The van der Waals surface area contributed by atoms with E-state index in [9.17, 15) is 0 Å². The van der Waals surface area contributed by atoms with Gasteiger partial charge in [-0.3, -0.25) is 0 Å². The van der Waals surface area contributed by atoms with E-state index in [0.717, 1.165) is 0 Å². The van der Waals surface area contributed by atoms with Crippen LogP contribution in [0.15, 0.2) is 24.3 Å². The van der Waals surface area contributed by atoms with Crippen molar-refractivity contribution in [2.75, 3.05) is 0 Å². The van der Waals surface area contributed by atoms with Gasteiger partial charge < -0.3 is 0 Å². The molecule has 0 N–H and O–H groups in total. The molecule has 3 aromatic carbocycles. The first-order valence-electron chi connectivity index (χ1n) is 13.0. The minimum Gasteiger partial charge on any atom is -0.0587 e. The van der Waals surface area contributed by atoms with Gasteiger partial charge >= 0.3 is 0 Å². The minimum absolute atomic E-state index is 0.473. The molecule has 0 amide bonds. The van der Waals surface area contributed by atoms with Crippen molar-refractivity contribution in [1.82, 2.24) is 0 Å². The molecule has 0 heteroatoms. The van der Waals surface area contributed by atoms with Crippen molar-refractivity contribution < 1.29 is 0 Å². The molecular weight excluding hydrogens is 384 g/mol. The maximum absolute atomic E-state index is 2.44. The summed E-state index contributed by atoms with van der Waals surface area (Å²) in [5, 5.41) is 6.22. The highest BCUT2D eigenvalue weighted by molar-refractivity contribution is 6.11. The van der Waals surface area contributed by atoms with Gasteiger partial charge in [0.1, 0.15) is 0 Å². The Morgan fingerprint density at radius 3 is 0.625 bits per heavy atom. The van der Waals surface area contributed by atoms with E-state index in [2.05, 4.69) is 107 Å². The van der Waals surface area contributed by atoms with Crippen LogP contribution >= 0.6 is 0 Å². The first-order chi connectivity index (χ1) is 14.9. The second kappa shape index (κ2) is 9.20. The standard InChI is InChI=1S/C32H46/c1-17(2)23-13-14-24(18(3)4)30-28(22(11)12)32-26(20(7)8)16-15-25(19(5)6)31(32)27(21(9)10)29(23)30/h13-22H,1-12H3. The average Bonchev–Trinajstić information content (AvgIpc) is 2.68. The lowest BCUT2D eigenvalue weighted by Gasteiger charge is -2.30. The third kappa shape index (κ3) is 4.00. The van der Waals surface area contributed by atoms with Crippen LogP contribution in [-0.4, -0.2) is 0 Å². The Labute approximate surface area is 197 Å². The van der Waals surface area contributed by atoms with E-state index < -0.39 is 0 Å². The lowest BCUT2D eigenvalue weighted by molar-refractivity contribution is 0.825. The van der Waals surface area contributed by atoms with Crippen molar-refractivity contribution in [2.24, 2.45) is 0 Å². The van der Waals surface area contributed by atoms with E-state index in [1.54, 1.807) is 32.7 Å². The van der Waals surface area contributed by atoms with Gasteiger partial charge in [0.2, 0.25) is 0 Å². The van der Waals surface area contributed by atoms with Crippen molar-refractivity contribution in [2.45, 2.75) is 119 Å². The van der Waals surface area contributed by atoms with Crippen molar-refractivity contribution in [3.05, 3.63) is 57.6 Å². The Bertz CT molecular complexity index is 949. The Morgan fingerprint density at radius 1 is 0.312 bits per heavy atom. The molecule has 0 heterocycles. The molecule has 174 valence electrons. The highest BCUT2D eigenvalue weighted by Gasteiger charge is 2.27. The summed E-state index contributed by atoms with van der Waals surface area (Å²) in [5.74, 6) is 2.96. The second-order valence-corrected chi connectivity index (χ2v) is 11.7. The second-order valence-electron chi connectivity index (χ2n) is 11.7.